The zero-order valence-electron chi connectivity index (χ0n) is 59.4. The van der Waals surface area contributed by atoms with E-state index in [2.05, 4.69) is 260 Å². The van der Waals surface area contributed by atoms with E-state index in [9.17, 15) is 0 Å². The highest BCUT2D eigenvalue weighted by Gasteiger charge is 2.38. The zero-order valence-corrected chi connectivity index (χ0v) is 61.0. The Morgan fingerprint density at radius 1 is 0.290 bits per heavy atom. The minimum atomic E-state index is -0.0941. The Balaban J connectivity index is 0.000000126. The predicted octanol–water partition coefficient (Wildman–Crippen LogP) is 24.9. The molecule has 0 fully saturated rings. The number of fused-ring (bicyclic) bond motifs is 12. The topological polar surface area (TPSA) is 102 Å². The lowest BCUT2D eigenvalue weighted by molar-refractivity contribution is 0.661. The van der Waals surface area contributed by atoms with Crippen LogP contribution in [0.5, 0.6) is 0 Å². The molecule has 4 heterocycles. The highest BCUT2D eigenvalue weighted by atomic mass is 79.9. The molecular weight excluding hydrogens is 1370 g/mol. The van der Waals surface area contributed by atoms with Gasteiger partial charge in [-0.25, -0.2) is 9.97 Å². The van der Waals surface area contributed by atoms with Crippen LogP contribution in [0, 0.1) is 0 Å². The molecule has 107 heavy (non-hydrogen) atoms. The summed E-state index contributed by atoms with van der Waals surface area (Å²) >= 11 is 3.57. The van der Waals surface area contributed by atoms with Crippen LogP contribution in [-0.2, 0) is 10.8 Å². The van der Waals surface area contributed by atoms with E-state index in [4.69, 9.17) is 15.0 Å². The summed E-state index contributed by atoms with van der Waals surface area (Å²) in [6, 6.07) is 122. The van der Waals surface area contributed by atoms with E-state index < -0.39 is 0 Å². The largest absolute Gasteiger partial charge is 0.324 e. The fourth-order valence-electron chi connectivity index (χ4n) is 15.6. The average molecular weight is 1440 g/mol. The van der Waals surface area contributed by atoms with Crippen LogP contribution in [0.15, 0.2) is 356 Å². The van der Waals surface area contributed by atoms with Gasteiger partial charge in [0.15, 0.2) is 23.3 Å². The molecule has 0 atom stereocenters. The van der Waals surface area contributed by atoms with Gasteiger partial charge < -0.3 is 14.5 Å². The van der Waals surface area contributed by atoms with Gasteiger partial charge in [-0.15, -0.1) is 0 Å². The van der Waals surface area contributed by atoms with E-state index in [0.29, 0.717) is 35.2 Å². The molecule has 10 nitrogen and oxygen atoms in total. The van der Waals surface area contributed by atoms with Crippen LogP contribution in [-0.4, -0.2) is 39.0 Å². The second-order valence-electron chi connectivity index (χ2n) is 28.1. The molecule has 2 aliphatic carbocycles. The maximum atomic E-state index is 5.10. The molecule has 0 saturated carbocycles. The molecule has 2 aliphatic rings. The number of halogens is 1. The maximum absolute atomic E-state index is 5.10. The fourth-order valence-corrected chi connectivity index (χ4v) is 15.9. The molecular formula is C96H71BrN10. The number of nitrogens with zero attached hydrogens (tertiary/aromatic N) is 9. The van der Waals surface area contributed by atoms with Crippen molar-refractivity contribution in [2.75, 3.05) is 10.2 Å². The van der Waals surface area contributed by atoms with Crippen molar-refractivity contribution >= 4 is 88.5 Å². The molecule has 18 aromatic rings. The van der Waals surface area contributed by atoms with Gasteiger partial charge in [-0.05, 0) is 154 Å². The Kier molecular flexibility index (Phi) is 16.9. The molecule has 512 valence electrons. The number of nitrogens with one attached hydrogen (secondary N) is 1. The van der Waals surface area contributed by atoms with Crippen molar-refractivity contribution < 1.29 is 0 Å². The second-order valence-corrected chi connectivity index (χ2v) is 29.0. The average Bonchev–Trinajstić information content (AvgIpc) is 1.55. The summed E-state index contributed by atoms with van der Waals surface area (Å²) < 4.78 is 5.90. The van der Waals surface area contributed by atoms with Gasteiger partial charge in [-0.3, -0.25) is 4.90 Å². The number of para-hydroxylation sites is 4. The van der Waals surface area contributed by atoms with E-state index in [0.717, 1.165) is 49.5 Å². The first-order valence-electron chi connectivity index (χ1n) is 36.1. The molecule has 0 unspecified atom stereocenters. The standard InChI is InChI=1S/C48H35N5.C27H20BrN.C21H16N4/c1-48(2)41-24-14-12-22-37(41)39-30-40-38-23-13-15-25-43(38)53(44(40)31-42(39)48)36-28-26-35(27-29-36)52(34-20-10-5-11-21-34)47-50-45(32-16-6-3-7-17-32)49-46(51-47)33-18-8-4-9-19-33;1-27(2)23-9-5-3-7-19(23)21-15-22-20-8-4-6-10-25(20)29(26(22)16-24(21)27)18-13-11-17(28)12-14-18;1-4-10-16(11-5-1)19-23-20(17-12-6-2-7-13-17)25-21(24-19)22-18-14-8-3-9-15-18/h3-31H,1-2H3;3-16H,1-2H3;1-15H,(H,22,23,24,25). The zero-order chi connectivity index (χ0) is 72.2. The first-order valence-corrected chi connectivity index (χ1v) is 36.9. The lowest BCUT2D eigenvalue weighted by Crippen LogP contribution is -2.15. The lowest BCUT2D eigenvalue weighted by Gasteiger charge is -2.24. The van der Waals surface area contributed by atoms with Crippen molar-refractivity contribution in [1.82, 2.24) is 39.0 Å². The molecule has 20 rings (SSSR count). The van der Waals surface area contributed by atoms with Gasteiger partial charge in [0.1, 0.15) is 0 Å². The Labute approximate surface area is 629 Å². The number of aromatic nitrogens is 8. The van der Waals surface area contributed by atoms with Gasteiger partial charge >= 0.3 is 0 Å². The smallest absolute Gasteiger partial charge is 0.238 e. The van der Waals surface area contributed by atoms with Crippen LogP contribution in [0.1, 0.15) is 49.9 Å². The molecule has 0 aliphatic heterocycles. The molecule has 4 aromatic heterocycles. The first-order chi connectivity index (χ1) is 52.5. The summed E-state index contributed by atoms with van der Waals surface area (Å²) in [5.74, 6) is 3.61. The minimum Gasteiger partial charge on any atom is -0.324 e. The number of benzene rings is 14. The highest BCUT2D eigenvalue weighted by molar-refractivity contribution is 9.10. The van der Waals surface area contributed by atoms with Crippen molar-refractivity contribution in [3.05, 3.63) is 379 Å². The Morgan fingerprint density at radius 2 is 0.636 bits per heavy atom. The normalized spacial score (nSPS) is 12.7. The quantitative estimate of drug-likeness (QED) is 0.137. The third-order valence-electron chi connectivity index (χ3n) is 20.8. The van der Waals surface area contributed by atoms with Gasteiger partial charge in [0, 0.05) is 87.5 Å². The van der Waals surface area contributed by atoms with Gasteiger partial charge in [0.2, 0.25) is 11.9 Å². The van der Waals surface area contributed by atoms with Crippen molar-refractivity contribution in [1.29, 1.82) is 0 Å². The van der Waals surface area contributed by atoms with Crippen LogP contribution < -0.4 is 10.2 Å². The van der Waals surface area contributed by atoms with Crippen LogP contribution in [0.3, 0.4) is 0 Å². The third-order valence-corrected chi connectivity index (χ3v) is 21.4. The maximum Gasteiger partial charge on any atom is 0.238 e. The molecule has 0 spiro atoms. The summed E-state index contributed by atoms with van der Waals surface area (Å²) in [5.41, 5.74) is 24.7. The van der Waals surface area contributed by atoms with Gasteiger partial charge in [-0.2, -0.15) is 19.9 Å². The third kappa shape index (κ3) is 12.2. The minimum absolute atomic E-state index is 0.00111. The highest BCUT2D eigenvalue weighted by Crippen LogP contribution is 2.53. The molecule has 14 aromatic carbocycles. The summed E-state index contributed by atoms with van der Waals surface area (Å²) in [6.45, 7) is 9.38. The molecule has 0 radical (unpaired) electrons. The summed E-state index contributed by atoms with van der Waals surface area (Å²) in [7, 11) is 0. The molecule has 1 N–H and O–H groups in total. The Morgan fingerprint density at radius 3 is 1.07 bits per heavy atom. The number of hydrogen-bond acceptors (Lipinski definition) is 8. The van der Waals surface area contributed by atoms with Crippen LogP contribution in [0.25, 0.3) is 123 Å². The summed E-state index contributed by atoms with van der Waals surface area (Å²) in [6.07, 6.45) is 0. The SMILES string of the molecule is CC1(C)c2ccccc2-c2cc3c4ccccc4n(-c4ccc(Br)cc4)c3cc21.CC1(C)c2ccccc2-c2cc3c4ccccc4n(-c4ccc(N(c5ccccc5)c5nc(-c6ccccc6)nc(-c6ccccc6)n5)cc4)c3cc21.c1ccc(Nc2nc(-c3ccccc3)nc(-c3ccccc3)n2)cc1. The number of rotatable bonds is 11. The van der Waals surface area contributed by atoms with Crippen molar-refractivity contribution in [3.63, 3.8) is 0 Å². The molecule has 0 amide bonds. The van der Waals surface area contributed by atoms with Crippen molar-refractivity contribution in [2.45, 2.75) is 38.5 Å². The van der Waals surface area contributed by atoms with E-state index in [-0.39, 0.29) is 10.8 Å². The lowest BCUT2D eigenvalue weighted by atomic mass is 9.82. The van der Waals surface area contributed by atoms with Crippen molar-refractivity contribution in [2.24, 2.45) is 0 Å². The predicted molar refractivity (Wildman–Crippen MR) is 444 cm³/mol. The van der Waals surface area contributed by atoms with Crippen molar-refractivity contribution in [3.8, 4) is 79.2 Å². The first kappa shape index (κ1) is 65.8. The number of anilines is 5. The van der Waals surface area contributed by atoms with E-state index >= 15 is 0 Å². The Bertz CT molecular complexity index is 6210. The van der Waals surface area contributed by atoms with E-state index in [1.807, 2.05) is 170 Å². The molecule has 0 bridgehead atoms. The van der Waals surface area contributed by atoms with Crippen LogP contribution >= 0.6 is 15.9 Å². The summed E-state index contributed by atoms with van der Waals surface area (Å²) in [4.78, 5) is 31.1. The van der Waals surface area contributed by atoms with Crippen LogP contribution in [0.2, 0.25) is 0 Å². The van der Waals surface area contributed by atoms with Gasteiger partial charge in [0.05, 0.1) is 22.1 Å². The molecule has 11 heteroatoms. The molecule has 0 saturated heterocycles. The van der Waals surface area contributed by atoms with Crippen LogP contribution in [0.4, 0.5) is 29.0 Å². The fraction of sp³-hybridized carbons (Fsp3) is 0.0625. The summed E-state index contributed by atoms with van der Waals surface area (Å²) in [5, 5.41) is 8.38. The monoisotopic (exact) mass is 1440 g/mol. The second kappa shape index (κ2) is 27.4. The van der Waals surface area contributed by atoms with Gasteiger partial charge in [-0.1, -0.05) is 286 Å². The van der Waals surface area contributed by atoms with E-state index in [1.165, 1.54) is 93.8 Å². The van der Waals surface area contributed by atoms with Gasteiger partial charge in [0.25, 0.3) is 0 Å². The number of hydrogen-bond donors (Lipinski definition) is 1. The Hall–Kier alpha value is -13.2. The van der Waals surface area contributed by atoms with E-state index in [1.54, 1.807) is 0 Å².